The number of morpholine rings is 1. The van der Waals surface area contributed by atoms with E-state index in [1.165, 1.54) is 11.1 Å². The second kappa shape index (κ2) is 10.5. The fraction of sp³-hybridized carbons (Fsp3) is 0.320. The summed E-state index contributed by atoms with van der Waals surface area (Å²) < 4.78 is 5.53. The van der Waals surface area contributed by atoms with E-state index in [1.807, 2.05) is 24.3 Å². The Morgan fingerprint density at radius 2 is 1.65 bits per heavy atom. The van der Waals surface area contributed by atoms with E-state index >= 15 is 0 Å². The highest BCUT2D eigenvalue weighted by Gasteiger charge is 2.21. The number of nitrogens with one attached hydrogen (secondary N) is 2. The molecule has 0 saturated carbocycles. The van der Waals surface area contributed by atoms with Gasteiger partial charge < -0.3 is 25.2 Å². The van der Waals surface area contributed by atoms with Gasteiger partial charge in [-0.1, -0.05) is 48.0 Å². The molecule has 1 fully saturated rings. The maximum atomic E-state index is 5.98. The molecule has 176 valence electrons. The Bertz CT molecular complexity index is 1150. The molecule has 5 rings (SSSR count). The zero-order valence-electron chi connectivity index (χ0n) is 18.8. The summed E-state index contributed by atoms with van der Waals surface area (Å²) >= 11 is 11.5. The van der Waals surface area contributed by atoms with Gasteiger partial charge in [-0.2, -0.15) is 9.97 Å². The van der Waals surface area contributed by atoms with E-state index < -0.39 is 0 Å². The number of hydrogen-bond donors (Lipinski definition) is 2. The molecule has 0 atom stereocenters. The largest absolute Gasteiger partial charge is 0.378 e. The summed E-state index contributed by atoms with van der Waals surface area (Å²) in [6.45, 7) is 5.32. The van der Waals surface area contributed by atoms with Crippen molar-refractivity contribution < 1.29 is 4.74 Å². The third-order valence-corrected chi connectivity index (χ3v) is 6.58. The maximum absolute atomic E-state index is 5.98. The van der Waals surface area contributed by atoms with Crippen LogP contribution in [-0.4, -0.2) is 47.9 Å². The molecule has 7 nitrogen and oxygen atoms in total. The second-order valence-corrected chi connectivity index (χ2v) is 9.23. The molecule has 0 aliphatic carbocycles. The lowest BCUT2D eigenvalue weighted by atomic mass is 10.00. The van der Waals surface area contributed by atoms with Gasteiger partial charge in [0.1, 0.15) is 11.6 Å². The number of thiocarbonyl (C=S) groups is 1. The number of halogens is 1. The number of hydrogen-bond acceptors (Lipinski definition) is 6. The first-order chi connectivity index (χ1) is 16.6. The predicted molar refractivity (Wildman–Crippen MR) is 141 cm³/mol. The Hall–Kier alpha value is -2.94. The van der Waals surface area contributed by atoms with Crippen LogP contribution in [0.3, 0.4) is 0 Å². The summed E-state index contributed by atoms with van der Waals surface area (Å²) in [7, 11) is 0. The lowest BCUT2D eigenvalue weighted by Crippen LogP contribution is -2.38. The first-order valence-electron chi connectivity index (χ1n) is 11.5. The van der Waals surface area contributed by atoms with Gasteiger partial charge in [0.2, 0.25) is 5.95 Å². The molecule has 1 aromatic heterocycles. The van der Waals surface area contributed by atoms with Crippen molar-refractivity contribution in [2.24, 2.45) is 0 Å². The van der Waals surface area contributed by atoms with Crippen LogP contribution in [0.25, 0.3) is 0 Å². The summed E-state index contributed by atoms with van der Waals surface area (Å²) in [5, 5.41) is 7.61. The minimum Gasteiger partial charge on any atom is -0.378 e. The van der Waals surface area contributed by atoms with E-state index in [-0.39, 0.29) is 0 Å². The van der Waals surface area contributed by atoms with Crippen LogP contribution in [0, 0.1) is 0 Å². The first-order valence-corrected chi connectivity index (χ1v) is 12.3. The summed E-state index contributed by atoms with van der Waals surface area (Å²) in [4.78, 5) is 14.2. The summed E-state index contributed by atoms with van der Waals surface area (Å²) in [5.41, 5.74) is 3.84. The van der Waals surface area contributed by atoms with Crippen LogP contribution in [0.4, 0.5) is 17.6 Å². The predicted octanol–water partition coefficient (Wildman–Crippen LogP) is 4.02. The van der Waals surface area contributed by atoms with Crippen LogP contribution >= 0.6 is 23.8 Å². The number of ether oxygens (including phenoxy) is 1. The highest BCUT2D eigenvalue weighted by molar-refractivity contribution is 7.80. The van der Waals surface area contributed by atoms with Crippen LogP contribution in [-0.2, 0) is 24.2 Å². The number of rotatable bonds is 5. The zero-order valence-corrected chi connectivity index (χ0v) is 20.4. The lowest BCUT2D eigenvalue weighted by molar-refractivity contribution is 0.122. The number of fused-ring (bicyclic) bond motifs is 1. The lowest BCUT2D eigenvalue weighted by Gasteiger charge is -2.32. The van der Waals surface area contributed by atoms with Crippen LogP contribution in [0.1, 0.15) is 16.7 Å². The van der Waals surface area contributed by atoms with Crippen molar-refractivity contribution >= 4 is 46.5 Å². The van der Waals surface area contributed by atoms with Crippen LogP contribution in [0.2, 0.25) is 5.02 Å². The van der Waals surface area contributed by atoms with Gasteiger partial charge in [-0.3, -0.25) is 0 Å². The molecule has 0 amide bonds. The van der Waals surface area contributed by atoms with Gasteiger partial charge in [0.15, 0.2) is 5.11 Å². The molecular formula is C25H27ClN6OS. The summed E-state index contributed by atoms with van der Waals surface area (Å²) in [5.74, 6) is 2.27. The van der Waals surface area contributed by atoms with Crippen molar-refractivity contribution in [2.75, 3.05) is 48.0 Å². The standard InChI is InChI=1S/C25H27ClN6OS/c26-21-7-5-18(6-8-21)16-27-25(34)30-24-28-22(31-11-13-33-14-12-31)15-23(29-24)32-10-9-19-3-1-2-4-20(19)17-32/h1-8,15H,9-14,16-17H2,(H2,27,28,29,30,34). The Balaban J connectivity index is 1.34. The quantitative estimate of drug-likeness (QED) is 0.516. The van der Waals surface area contributed by atoms with E-state index in [2.05, 4.69) is 50.8 Å². The molecule has 0 bridgehead atoms. The summed E-state index contributed by atoms with van der Waals surface area (Å²) in [6.07, 6.45) is 0.997. The molecule has 0 spiro atoms. The monoisotopic (exact) mass is 494 g/mol. The minimum absolute atomic E-state index is 0.476. The van der Waals surface area contributed by atoms with Crippen molar-refractivity contribution in [2.45, 2.75) is 19.5 Å². The normalized spacial score (nSPS) is 15.6. The van der Waals surface area contributed by atoms with Gasteiger partial charge >= 0.3 is 0 Å². The first kappa shape index (κ1) is 22.8. The topological polar surface area (TPSA) is 65.6 Å². The highest BCUT2D eigenvalue weighted by Crippen LogP contribution is 2.27. The van der Waals surface area contributed by atoms with Gasteiger partial charge in [-0.05, 0) is 47.5 Å². The molecule has 34 heavy (non-hydrogen) atoms. The molecule has 2 aliphatic heterocycles. The average molecular weight is 495 g/mol. The third-order valence-electron chi connectivity index (χ3n) is 6.08. The molecule has 3 heterocycles. The Morgan fingerprint density at radius 3 is 2.41 bits per heavy atom. The van der Waals surface area contributed by atoms with E-state index in [0.717, 1.165) is 49.8 Å². The number of anilines is 3. The molecule has 2 aromatic carbocycles. The van der Waals surface area contributed by atoms with Crippen molar-refractivity contribution in [1.82, 2.24) is 15.3 Å². The molecule has 3 aromatic rings. The molecular weight excluding hydrogens is 468 g/mol. The fourth-order valence-electron chi connectivity index (χ4n) is 4.22. The van der Waals surface area contributed by atoms with Crippen molar-refractivity contribution in [3.63, 3.8) is 0 Å². The van der Waals surface area contributed by atoms with Crippen molar-refractivity contribution in [3.05, 3.63) is 76.3 Å². The van der Waals surface area contributed by atoms with Crippen molar-refractivity contribution in [1.29, 1.82) is 0 Å². The molecule has 1 saturated heterocycles. The number of aromatic nitrogens is 2. The molecule has 2 N–H and O–H groups in total. The van der Waals surface area contributed by atoms with Crippen LogP contribution < -0.4 is 20.4 Å². The van der Waals surface area contributed by atoms with Crippen LogP contribution in [0.5, 0.6) is 0 Å². The minimum atomic E-state index is 0.476. The Labute approximate surface area is 210 Å². The molecule has 0 unspecified atom stereocenters. The molecule has 2 aliphatic rings. The number of nitrogens with zero attached hydrogens (tertiary/aromatic N) is 4. The molecule has 9 heteroatoms. The highest BCUT2D eigenvalue weighted by atomic mass is 35.5. The average Bonchev–Trinajstić information content (AvgIpc) is 2.88. The third kappa shape index (κ3) is 5.58. The summed E-state index contributed by atoms with van der Waals surface area (Å²) in [6, 6.07) is 18.4. The van der Waals surface area contributed by atoms with Gasteiger partial charge in [-0.25, -0.2) is 0 Å². The Morgan fingerprint density at radius 1 is 0.941 bits per heavy atom. The van der Waals surface area contributed by atoms with E-state index in [4.69, 9.17) is 38.5 Å². The van der Waals surface area contributed by atoms with Crippen LogP contribution in [0.15, 0.2) is 54.6 Å². The molecule has 0 radical (unpaired) electrons. The van der Waals surface area contributed by atoms with E-state index in [0.29, 0.717) is 35.8 Å². The number of benzene rings is 2. The smallest absolute Gasteiger partial charge is 0.232 e. The zero-order chi connectivity index (χ0) is 23.3. The fourth-order valence-corrected chi connectivity index (χ4v) is 4.51. The second-order valence-electron chi connectivity index (χ2n) is 8.38. The van der Waals surface area contributed by atoms with Gasteiger partial charge in [0.25, 0.3) is 0 Å². The van der Waals surface area contributed by atoms with E-state index in [1.54, 1.807) is 0 Å². The van der Waals surface area contributed by atoms with Crippen molar-refractivity contribution in [3.8, 4) is 0 Å². The Kier molecular flexibility index (Phi) is 7.08. The SMILES string of the molecule is S=C(NCc1ccc(Cl)cc1)Nc1nc(N2CCOCC2)cc(N2CCc3ccccc3C2)n1. The van der Waals surface area contributed by atoms with Gasteiger partial charge in [-0.15, -0.1) is 0 Å². The van der Waals surface area contributed by atoms with Gasteiger partial charge in [0.05, 0.1) is 13.2 Å². The maximum Gasteiger partial charge on any atom is 0.232 e. The van der Waals surface area contributed by atoms with Gasteiger partial charge in [0, 0.05) is 43.8 Å². The van der Waals surface area contributed by atoms with E-state index in [9.17, 15) is 0 Å².